The summed E-state index contributed by atoms with van der Waals surface area (Å²) in [6.07, 6.45) is -0.693. The smallest absolute Gasteiger partial charge is 0.409 e. The molecule has 0 aliphatic heterocycles. The molecule has 94 valence electrons. The zero-order valence-electron chi connectivity index (χ0n) is 9.49. The SMILES string of the molecule is CNC(=O)OCOC(=O)c1ccc(N=[N+]=[N-])cc1. The van der Waals surface area contributed by atoms with Gasteiger partial charge >= 0.3 is 12.1 Å². The third-order valence-electron chi connectivity index (χ3n) is 1.85. The summed E-state index contributed by atoms with van der Waals surface area (Å²) in [6, 6.07) is 5.81. The number of hydrogen-bond donors (Lipinski definition) is 1. The maximum absolute atomic E-state index is 11.4. The maximum Gasteiger partial charge on any atom is 0.409 e. The highest BCUT2D eigenvalue weighted by Gasteiger charge is 2.07. The van der Waals surface area contributed by atoms with Gasteiger partial charge in [-0.3, -0.25) is 0 Å². The number of alkyl carbamates (subject to hydrolysis) is 1. The molecule has 0 saturated heterocycles. The Morgan fingerprint density at radius 3 is 2.56 bits per heavy atom. The number of amides is 1. The molecule has 0 bridgehead atoms. The molecule has 1 aromatic rings. The summed E-state index contributed by atoms with van der Waals surface area (Å²) >= 11 is 0. The van der Waals surface area contributed by atoms with Gasteiger partial charge in [-0.05, 0) is 17.7 Å². The van der Waals surface area contributed by atoms with Crippen LogP contribution in [0, 0.1) is 0 Å². The highest BCUT2D eigenvalue weighted by Crippen LogP contribution is 2.13. The number of carbonyl (C=O) groups is 2. The number of benzene rings is 1. The van der Waals surface area contributed by atoms with Gasteiger partial charge in [-0.15, -0.1) is 0 Å². The summed E-state index contributed by atoms with van der Waals surface area (Å²) in [5.74, 6) is -0.647. The first-order chi connectivity index (χ1) is 8.67. The van der Waals surface area contributed by atoms with E-state index in [1.807, 2.05) is 0 Å². The Hall–Kier alpha value is -2.73. The Morgan fingerprint density at radius 1 is 1.33 bits per heavy atom. The van der Waals surface area contributed by atoms with Crippen LogP contribution in [0.1, 0.15) is 10.4 Å². The predicted molar refractivity (Wildman–Crippen MR) is 61.1 cm³/mol. The molecule has 0 heterocycles. The summed E-state index contributed by atoms with van der Waals surface area (Å²) in [6.45, 7) is -0.476. The van der Waals surface area contributed by atoms with Crippen molar-refractivity contribution in [2.45, 2.75) is 0 Å². The number of esters is 1. The molecule has 0 aliphatic carbocycles. The van der Waals surface area contributed by atoms with Crippen molar-refractivity contribution in [3.05, 3.63) is 40.3 Å². The van der Waals surface area contributed by atoms with Crippen molar-refractivity contribution in [1.29, 1.82) is 0 Å². The Balaban J connectivity index is 2.51. The fraction of sp³-hybridized carbons (Fsp3) is 0.200. The maximum atomic E-state index is 11.4. The van der Waals surface area contributed by atoms with E-state index in [4.69, 9.17) is 5.53 Å². The Bertz CT molecular complexity index is 479. The fourth-order valence-electron chi connectivity index (χ4n) is 1.01. The van der Waals surface area contributed by atoms with Crippen LogP contribution in [0.15, 0.2) is 29.4 Å². The van der Waals surface area contributed by atoms with Gasteiger partial charge in [0.15, 0.2) is 0 Å². The third kappa shape index (κ3) is 4.03. The number of azide groups is 1. The van der Waals surface area contributed by atoms with Gasteiger partial charge in [-0.2, -0.15) is 0 Å². The minimum absolute atomic E-state index is 0.257. The lowest BCUT2D eigenvalue weighted by Gasteiger charge is -2.05. The number of nitrogens with one attached hydrogen (secondary N) is 1. The zero-order valence-corrected chi connectivity index (χ0v) is 9.49. The first-order valence-electron chi connectivity index (χ1n) is 4.84. The largest absolute Gasteiger partial charge is 0.424 e. The van der Waals surface area contributed by atoms with Crippen molar-refractivity contribution >= 4 is 17.7 Å². The first-order valence-corrected chi connectivity index (χ1v) is 4.84. The lowest BCUT2D eigenvalue weighted by Crippen LogP contribution is -2.21. The van der Waals surface area contributed by atoms with Gasteiger partial charge in [0.2, 0.25) is 6.79 Å². The fourth-order valence-corrected chi connectivity index (χ4v) is 1.01. The highest BCUT2D eigenvalue weighted by molar-refractivity contribution is 5.89. The average molecular weight is 250 g/mol. The second kappa shape index (κ2) is 6.77. The van der Waals surface area contributed by atoms with Crippen LogP contribution in [0.2, 0.25) is 0 Å². The number of ether oxygens (including phenoxy) is 2. The number of hydrogen-bond acceptors (Lipinski definition) is 5. The van der Waals surface area contributed by atoms with Gasteiger partial charge < -0.3 is 14.8 Å². The first kappa shape index (κ1) is 13.3. The van der Waals surface area contributed by atoms with Crippen LogP contribution in [0.5, 0.6) is 0 Å². The molecule has 1 rings (SSSR count). The molecule has 1 amide bonds. The molecule has 0 saturated carbocycles. The number of carbonyl (C=O) groups excluding carboxylic acids is 2. The summed E-state index contributed by atoms with van der Waals surface area (Å²) < 4.78 is 9.16. The van der Waals surface area contributed by atoms with E-state index in [9.17, 15) is 9.59 Å². The van der Waals surface area contributed by atoms with Crippen LogP contribution in [-0.2, 0) is 9.47 Å². The summed E-state index contributed by atoms with van der Waals surface area (Å²) in [7, 11) is 1.39. The van der Waals surface area contributed by atoms with Crippen LogP contribution in [0.3, 0.4) is 0 Å². The van der Waals surface area contributed by atoms with Crippen LogP contribution in [-0.4, -0.2) is 25.9 Å². The van der Waals surface area contributed by atoms with Gasteiger partial charge in [0, 0.05) is 17.6 Å². The Kier molecular flexibility index (Phi) is 5.01. The molecule has 8 heteroatoms. The molecule has 1 N–H and O–H groups in total. The van der Waals surface area contributed by atoms with Crippen LogP contribution in [0.4, 0.5) is 10.5 Å². The lowest BCUT2D eigenvalue weighted by atomic mass is 10.2. The lowest BCUT2D eigenvalue weighted by molar-refractivity contribution is -0.00183. The van der Waals surface area contributed by atoms with Crippen molar-refractivity contribution in [1.82, 2.24) is 5.32 Å². The topological polar surface area (TPSA) is 113 Å². The molecule has 0 aliphatic rings. The predicted octanol–water partition coefficient (Wildman–Crippen LogP) is 2.10. The molecule has 0 unspecified atom stereocenters. The Morgan fingerprint density at radius 2 is 2.00 bits per heavy atom. The van der Waals surface area contributed by atoms with Crippen LogP contribution in [0.25, 0.3) is 10.4 Å². The second-order valence-corrected chi connectivity index (χ2v) is 2.97. The van der Waals surface area contributed by atoms with E-state index in [0.717, 1.165) is 0 Å². The van der Waals surface area contributed by atoms with E-state index in [2.05, 4.69) is 24.8 Å². The molecule has 0 fully saturated rings. The van der Waals surface area contributed by atoms with Gasteiger partial charge in [0.25, 0.3) is 0 Å². The molecule has 0 spiro atoms. The van der Waals surface area contributed by atoms with Gasteiger partial charge in [-0.1, -0.05) is 17.2 Å². The van der Waals surface area contributed by atoms with E-state index < -0.39 is 18.9 Å². The van der Waals surface area contributed by atoms with E-state index in [1.54, 1.807) is 0 Å². The quantitative estimate of drug-likeness (QED) is 0.289. The number of rotatable bonds is 4. The average Bonchev–Trinajstić information content (AvgIpc) is 2.39. The van der Waals surface area contributed by atoms with Crippen molar-refractivity contribution in [2.75, 3.05) is 13.8 Å². The zero-order chi connectivity index (χ0) is 13.4. The molecular weight excluding hydrogens is 240 g/mol. The van der Waals surface area contributed by atoms with Crippen molar-refractivity contribution in [2.24, 2.45) is 5.11 Å². The van der Waals surface area contributed by atoms with Crippen molar-refractivity contribution < 1.29 is 19.1 Å². The molecule has 0 aromatic heterocycles. The minimum atomic E-state index is -0.693. The van der Waals surface area contributed by atoms with E-state index in [0.29, 0.717) is 5.69 Å². The summed E-state index contributed by atoms with van der Waals surface area (Å²) in [5, 5.41) is 5.56. The van der Waals surface area contributed by atoms with Crippen molar-refractivity contribution in [3.63, 3.8) is 0 Å². The highest BCUT2D eigenvalue weighted by atomic mass is 16.7. The normalized spacial score (nSPS) is 8.94. The van der Waals surface area contributed by atoms with E-state index in [1.165, 1.54) is 31.3 Å². The molecule has 1 aromatic carbocycles. The van der Waals surface area contributed by atoms with Gasteiger partial charge in [-0.25, -0.2) is 9.59 Å². The van der Waals surface area contributed by atoms with Gasteiger partial charge in [0.1, 0.15) is 0 Å². The molecule has 8 nitrogen and oxygen atoms in total. The van der Waals surface area contributed by atoms with Crippen LogP contribution >= 0.6 is 0 Å². The third-order valence-corrected chi connectivity index (χ3v) is 1.85. The Labute approximate surface area is 102 Å². The second-order valence-electron chi connectivity index (χ2n) is 2.97. The monoisotopic (exact) mass is 250 g/mol. The summed E-state index contributed by atoms with van der Waals surface area (Å²) in [4.78, 5) is 24.7. The molecule has 0 radical (unpaired) electrons. The van der Waals surface area contributed by atoms with E-state index in [-0.39, 0.29) is 5.56 Å². The molecule has 0 atom stereocenters. The number of nitrogens with zero attached hydrogens (tertiary/aromatic N) is 3. The van der Waals surface area contributed by atoms with Crippen molar-refractivity contribution in [3.8, 4) is 0 Å². The van der Waals surface area contributed by atoms with E-state index >= 15 is 0 Å². The van der Waals surface area contributed by atoms with Crippen LogP contribution < -0.4 is 5.32 Å². The molecule has 18 heavy (non-hydrogen) atoms. The summed E-state index contributed by atoms with van der Waals surface area (Å²) in [5.41, 5.74) is 8.84. The molecular formula is C10H10N4O4. The minimum Gasteiger partial charge on any atom is -0.424 e. The standard InChI is InChI=1S/C10H10N4O4/c1-12-10(16)18-6-17-9(15)7-2-4-8(5-3-7)13-14-11/h2-5H,6H2,1H3,(H,12,16). The van der Waals surface area contributed by atoms with Gasteiger partial charge in [0.05, 0.1) is 5.56 Å².